The SMILES string of the molecule is NCC=CC(NC(=O)CN)C(F)F. The number of carbonyl (C=O) groups excluding carboxylic acids is 1. The van der Waals surface area contributed by atoms with Crippen LogP contribution in [0.4, 0.5) is 8.78 Å². The van der Waals surface area contributed by atoms with Crippen LogP contribution in [0.1, 0.15) is 0 Å². The van der Waals surface area contributed by atoms with E-state index in [1.54, 1.807) is 0 Å². The Morgan fingerprint density at radius 1 is 1.46 bits per heavy atom. The Balaban J connectivity index is 4.09. The van der Waals surface area contributed by atoms with Gasteiger partial charge in [0, 0.05) is 6.54 Å². The minimum absolute atomic E-state index is 0.154. The average Bonchev–Trinajstić information content (AvgIpc) is 2.11. The molecule has 13 heavy (non-hydrogen) atoms. The second-order valence-corrected chi connectivity index (χ2v) is 2.30. The van der Waals surface area contributed by atoms with Crippen LogP contribution in [0.15, 0.2) is 12.2 Å². The van der Waals surface area contributed by atoms with Crippen molar-refractivity contribution in [2.24, 2.45) is 11.5 Å². The van der Waals surface area contributed by atoms with Crippen LogP contribution in [0.3, 0.4) is 0 Å². The fraction of sp³-hybridized carbons (Fsp3) is 0.571. The Kier molecular flexibility index (Phi) is 5.99. The van der Waals surface area contributed by atoms with Gasteiger partial charge in [0.2, 0.25) is 5.91 Å². The van der Waals surface area contributed by atoms with Crippen molar-refractivity contribution in [3.8, 4) is 0 Å². The Morgan fingerprint density at radius 2 is 2.08 bits per heavy atom. The summed E-state index contributed by atoms with van der Waals surface area (Å²) in [5, 5.41) is 2.04. The Bertz CT molecular complexity index is 185. The van der Waals surface area contributed by atoms with E-state index in [2.05, 4.69) is 0 Å². The van der Waals surface area contributed by atoms with Gasteiger partial charge in [-0.05, 0) is 0 Å². The van der Waals surface area contributed by atoms with Gasteiger partial charge >= 0.3 is 0 Å². The lowest BCUT2D eigenvalue weighted by Gasteiger charge is -2.12. The topological polar surface area (TPSA) is 81.1 Å². The number of halogens is 2. The molecule has 0 bridgehead atoms. The molecule has 0 aromatic heterocycles. The standard InChI is InChI=1S/C7H13F2N3O/c8-7(9)5(2-1-3-10)12-6(13)4-11/h1-2,5,7H,3-4,10-11H2,(H,12,13). The largest absolute Gasteiger partial charge is 0.343 e. The predicted octanol–water partition coefficient (Wildman–Crippen LogP) is -0.790. The summed E-state index contributed by atoms with van der Waals surface area (Å²) in [4.78, 5) is 10.7. The summed E-state index contributed by atoms with van der Waals surface area (Å²) in [6.07, 6.45) is -0.149. The van der Waals surface area contributed by atoms with Gasteiger partial charge in [0.15, 0.2) is 0 Å². The van der Waals surface area contributed by atoms with Gasteiger partial charge in [-0.3, -0.25) is 4.79 Å². The lowest BCUT2D eigenvalue weighted by Crippen LogP contribution is -2.41. The highest BCUT2D eigenvalue weighted by Crippen LogP contribution is 2.01. The zero-order chi connectivity index (χ0) is 10.3. The zero-order valence-electron chi connectivity index (χ0n) is 7.04. The lowest BCUT2D eigenvalue weighted by atomic mass is 10.2. The van der Waals surface area contributed by atoms with Crippen LogP contribution < -0.4 is 16.8 Å². The normalized spacial score (nSPS) is 13.6. The minimum Gasteiger partial charge on any atom is -0.343 e. The molecule has 0 saturated carbocycles. The van der Waals surface area contributed by atoms with Gasteiger partial charge in [-0.25, -0.2) is 8.78 Å². The molecule has 0 aromatic carbocycles. The number of nitrogens with one attached hydrogen (secondary N) is 1. The molecule has 76 valence electrons. The minimum atomic E-state index is -2.65. The summed E-state index contributed by atoms with van der Waals surface area (Å²) in [6.45, 7) is -0.151. The Hall–Kier alpha value is -1.01. The van der Waals surface area contributed by atoms with E-state index in [-0.39, 0.29) is 13.1 Å². The molecule has 0 fully saturated rings. The van der Waals surface area contributed by atoms with Crippen LogP contribution in [0.25, 0.3) is 0 Å². The molecule has 0 saturated heterocycles. The number of carbonyl (C=O) groups is 1. The van der Waals surface area contributed by atoms with Gasteiger partial charge in [-0.15, -0.1) is 0 Å². The van der Waals surface area contributed by atoms with Crippen molar-refractivity contribution in [3.05, 3.63) is 12.2 Å². The summed E-state index contributed by atoms with van der Waals surface area (Å²) in [6, 6.07) is -1.31. The first kappa shape index (κ1) is 12.0. The van der Waals surface area contributed by atoms with Crippen LogP contribution in [-0.4, -0.2) is 31.5 Å². The second kappa shape index (κ2) is 6.50. The summed E-state index contributed by atoms with van der Waals surface area (Å²) in [5.41, 5.74) is 10.0. The van der Waals surface area contributed by atoms with Crippen LogP contribution in [0.2, 0.25) is 0 Å². The van der Waals surface area contributed by atoms with Crippen molar-refractivity contribution in [3.63, 3.8) is 0 Å². The molecule has 1 unspecified atom stereocenters. The molecule has 5 N–H and O–H groups in total. The van der Waals surface area contributed by atoms with E-state index in [0.717, 1.165) is 6.08 Å². The maximum atomic E-state index is 12.2. The van der Waals surface area contributed by atoms with Crippen LogP contribution in [0, 0.1) is 0 Å². The molecule has 0 aliphatic carbocycles. The maximum Gasteiger partial charge on any atom is 0.262 e. The highest BCUT2D eigenvalue weighted by atomic mass is 19.3. The third kappa shape index (κ3) is 5.26. The van der Waals surface area contributed by atoms with Crippen LogP contribution >= 0.6 is 0 Å². The fourth-order valence-electron chi connectivity index (χ4n) is 0.665. The smallest absolute Gasteiger partial charge is 0.262 e. The first-order valence-corrected chi connectivity index (χ1v) is 3.76. The summed E-state index contributed by atoms with van der Waals surface area (Å²) < 4.78 is 24.3. The quantitative estimate of drug-likeness (QED) is 0.500. The first-order valence-electron chi connectivity index (χ1n) is 3.76. The molecule has 0 heterocycles. The summed E-state index contributed by atoms with van der Waals surface area (Å²) >= 11 is 0. The lowest BCUT2D eigenvalue weighted by molar-refractivity contribution is -0.121. The van der Waals surface area contributed by atoms with Crippen molar-refractivity contribution in [2.45, 2.75) is 12.5 Å². The van der Waals surface area contributed by atoms with Crippen LogP contribution in [-0.2, 0) is 4.79 Å². The number of amides is 1. The number of hydrogen-bond acceptors (Lipinski definition) is 3. The molecule has 0 aliphatic heterocycles. The van der Waals surface area contributed by atoms with Crippen molar-refractivity contribution in [1.29, 1.82) is 0 Å². The number of rotatable bonds is 5. The average molecular weight is 193 g/mol. The first-order chi connectivity index (χ1) is 6.11. The summed E-state index contributed by atoms with van der Waals surface area (Å²) in [5.74, 6) is -0.619. The van der Waals surface area contributed by atoms with Crippen LogP contribution in [0.5, 0.6) is 0 Å². The van der Waals surface area contributed by atoms with Gasteiger partial charge in [0.25, 0.3) is 6.43 Å². The second-order valence-electron chi connectivity index (χ2n) is 2.30. The van der Waals surface area contributed by atoms with Gasteiger partial charge in [-0.1, -0.05) is 12.2 Å². The third-order valence-corrected chi connectivity index (χ3v) is 1.26. The molecule has 1 amide bonds. The molecule has 0 spiro atoms. The van der Waals surface area contributed by atoms with Gasteiger partial charge in [0.05, 0.1) is 6.54 Å². The molecule has 1 atom stereocenters. The van der Waals surface area contributed by atoms with Crippen molar-refractivity contribution in [1.82, 2.24) is 5.32 Å². The van der Waals surface area contributed by atoms with E-state index < -0.39 is 18.4 Å². The zero-order valence-corrected chi connectivity index (χ0v) is 7.04. The van der Waals surface area contributed by atoms with Crippen molar-refractivity contribution < 1.29 is 13.6 Å². The number of hydrogen-bond donors (Lipinski definition) is 3. The Morgan fingerprint density at radius 3 is 2.46 bits per heavy atom. The van der Waals surface area contributed by atoms with Gasteiger partial charge in [0.1, 0.15) is 6.04 Å². The van der Waals surface area contributed by atoms with Gasteiger partial charge < -0.3 is 16.8 Å². The van der Waals surface area contributed by atoms with Crippen molar-refractivity contribution >= 4 is 5.91 Å². The van der Waals surface area contributed by atoms with E-state index in [0.29, 0.717) is 0 Å². The Labute approximate surface area is 75.0 Å². The monoisotopic (exact) mass is 193 g/mol. The molecule has 0 aromatic rings. The van der Waals surface area contributed by atoms with E-state index in [4.69, 9.17) is 11.5 Å². The summed E-state index contributed by atoms with van der Waals surface area (Å²) in [7, 11) is 0. The molecule has 6 heteroatoms. The molecular weight excluding hydrogens is 180 g/mol. The van der Waals surface area contributed by atoms with Gasteiger partial charge in [-0.2, -0.15) is 0 Å². The van der Waals surface area contributed by atoms with E-state index >= 15 is 0 Å². The number of alkyl halides is 2. The van der Waals surface area contributed by atoms with Crippen molar-refractivity contribution in [2.75, 3.05) is 13.1 Å². The third-order valence-electron chi connectivity index (χ3n) is 1.26. The maximum absolute atomic E-state index is 12.2. The highest BCUT2D eigenvalue weighted by molar-refractivity contribution is 5.78. The van der Waals surface area contributed by atoms with E-state index in [1.807, 2.05) is 5.32 Å². The van der Waals surface area contributed by atoms with E-state index in [9.17, 15) is 13.6 Å². The molecular formula is C7H13F2N3O. The highest BCUT2D eigenvalue weighted by Gasteiger charge is 2.18. The molecule has 4 nitrogen and oxygen atoms in total. The van der Waals surface area contributed by atoms with E-state index in [1.165, 1.54) is 6.08 Å². The number of nitrogens with two attached hydrogens (primary N) is 2. The molecule has 0 radical (unpaired) electrons. The molecule has 0 rings (SSSR count). The fourth-order valence-corrected chi connectivity index (χ4v) is 0.665. The predicted molar refractivity (Wildman–Crippen MR) is 45.2 cm³/mol. The molecule has 0 aliphatic rings.